The minimum Gasteiger partial charge on any atom is -0.487 e. The number of nitrogens with one attached hydrogen (secondary N) is 1. The van der Waals surface area contributed by atoms with Crippen LogP contribution in [0.4, 0.5) is 0 Å². The highest BCUT2D eigenvalue weighted by Gasteiger charge is 2.39. The summed E-state index contributed by atoms with van der Waals surface area (Å²) in [7, 11) is 0. The fraction of sp³-hybridized carbons (Fsp3) is 0.647. The third kappa shape index (κ3) is 3.73. The van der Waals surface area contributed by atoms with E-state index in [-0.39, 0.29) is 5.60 Å². The summed E-state index contributed by atoms with van der Waals surface area (Å²) in [5, 5.41) is 3.49. The number of rotatable bonds is 8. The number of ether oxygens (including phenoxy) is 1. The van der Waals surface area contributed by atoms with E-state index < -0.39 is 0 Å². The molecule has 0 bridgehead atoms. The van der Waals surface area contributed by atoms with E-state index in [1.807, 2.05) is 0 Å². The zero-order valence-corrected chi connectivity index (χ0v) is 12.4. The molecular formula is C17H27NO. The Morgan fingerprint density at radius 1 is 1.16 bits per heavy atom. The number of hydrogen-bond acceptors (Lipinski definition) is 2. The van der Waals surface area contributed by atoms with Gasteiger partial charge in [-0.3, -0.25) is 0 Å². The van der Waals surface area contributed by atoms with Crippen LogP contribution >= 0.6 is 0 Å². The first-order chi connectivity index (χ1) is 9.29. The predicted molar refractivity (Wildman–Crippen MR) is 80.8 cm³/mol. The summed E-state index contributed by atoms with van der Waals surface area (Å²) in [5.41, 5.74) is 1.43. The van der Waals surface area contributed by atoms with Crippen molar-refractivity contribution < 1.29 is 4.74 Å². The summed E-state index contributed by atoms with van der Waals surface area (Å²) in [6, 6.07) is 8.48. The Bertz CT molecular complexity index is 385. The SMILES string of the molecule is CCCNCCC1(Oc2ccccc2CC)CCC1. The van der Waals surface area contributed by atoms with E-state index in [2.05, 4.69) is 43.4 Å². The van der Waals surface area contributed by atoms with Crippen LogP contribution in [0.25, 0.3) is 0 Å². The first-order valence-electron chi connectivity index (χ1n) is 7.77. The van der Waals surface area contributed by atoms with Gasteiger partial charge < -0.3 is 10.1 Å². The van der Waals surface area contributed by atoms with Gasteiger partial charge in [0.15, 0.2) is 0 Å². The summed E-state index contributed by atoms with van der Waals surface area (Å²) >= 11 is 0. The molecule has 106 valence electrons. The zero-order chi connectivity index (χ0) is 13.6. The number of hydrogen-bond donors (Lipinski definition) is 1. The second kappa shape index (κ2) is 6.95. The Labute approximate surface area is 117 Å². The van der Waals surface area contributed by atoms with Crippen molar-refractivity contribution in [1.29, 1.82) is 0 Å². The van der Waals surface area contributed by atoms with Crippen molar-refractivity contribution in [2.24, 2.45) is 0 Å². The van der Waals surface area contributed by atoms with Crippen molar-refractivity contribution in [1.82, 2.24) is 5.32 Å². The van der Waals surface area contributed by atoms with Gasteiger partial charge in [-0.25, -0.2) is 0 Å². The predicted octanol–water partition coefficient (Wildman–Crippen LogP) is 3.94. The molecule has 0 heterocycles. The molecule has 0 unspecified atom stereocenters. The minimum absolute atomic E-state index is 0.103. The largest absolute Gasteiger partial charge is 0.487 e. The Morgan fingerprint density at radius 2 is 1.95 bits per heavy atom. The summed E-state index contributed by atoms with van der Waals surface area (Å²) in [4.78, 5) is 0. The molecule has 1 saturated carbocycles. The maximum atomic E-state index is 6.40. The molecule has 0 aromatic heterocycles. The number of aryl methyl sites for hydroxylation is 1. The molecule has 0 spiro atoms. The van der Waals surface area contributed by atoms with Gasteiger partial charge in [-0.1, -0.05) is 32.0 Å². The molecule has 0 aliphatic heterocycles. The molecule has 0 radical (unpaired) electrons. The van der Waals surface area contributed by atoms with Gasteiger partial charge in [0.25, 0.3) is 0 Å². The first-order valence-corrected chi connectivity index (χ1v) is 7.77. The molecule has 19 heavy (non-hydrogen) atoms. The zero-order valence-electron chi connectivity index (χ0n) is 12.4. The van der Waals surface area contributed by atoms with E-state index in [1.165, 1.54) is 31.2 Å². The number of benzene rings is 1. The maximum Gasteiger partial charge on any atom is 0.123 e. The van der Waals surface area contributed by atoms with Crippen molar-refractivity contribution >= 4 is 0 Å². The Morgan fingerprint density at radius 3 is 2.58 bits per heavy atom. The molecule has 0 saturated heterocycles. The van der Waals surface area contributed by atoms with Crippen molar-refractivity contribution in [2.45, 2.75) is 58.0 Å². The van der Waals surface area contributed by atoms with Gasteiger partial charge in [-0.15, -0.1) is 0 Å². The summed E-state index contributed by atoms with van der Waals surface area (Å²) in [5.74, 6) is 1.10. The van der Waals surface area contributed by atoms with Crippen LogP contribution in [-0.2, 0) is 6.42 Å². The van der Waals surface area contributed by atoms with Crippen LogP contribution in [0.1, 0.15) is 51.5 Å². The van der Waals surface area contributed by atoms with Gasteiger partial charge in [-0.2, -0.15) is 0 Å². The van der Waals surface area contributed by atoms with E-state index in [4.69, 9.17) is 4.74 Å². The van der Waals surface area contributed by atoms with Crippen LogP contribution in [0.5, 0.6) is 5.75 Å². The maximum absolute atomic E-state index is 6.40. The lowest BCUT2D eigenvalue weighted by Crippen LogP contribution is -2.45. The van der Waals surface area contributed by atoms with Gasteiger partial charge in [0.2, 0.25) is 0 Å². The van der Waals surface area contributed by atoms with E-state index in [0.29, 0.717) is 0 Å². The lowest BCUT2D eigenvalue weighted by atomic mass is 9.77. The molecule has 1 aliphatic rings. The van der Waals surface area contributed by atoms with Crippen LogP contribution in [0.15, 0.2) is 24.3 Å². The van der Waals surface area contributed by atoms with E-state index in [1.54, 1.807) is 0 Å². The Kier molecular flexibility index (Phi) is 5.26. The van der Waals surface area contributed by atoms with Gasteiger partial charge in [0.05, 0.1) is 0 Å². The smallest absolute Gasteiger partial charge is 0.123 e. The van der Waals surface area contributed by atoms with Crippen LogP contribution in [0, 0.1) is 0 Å². The summed E-state index contributed by atoms with van der Waals surface area (Å²) in [6.07, 6.45) is 7.09. The molecule has 1 aromatic rings. The molecule has 1 fully saturated rings. The monoisotopic (exact) mass is 261 g/mol. The average Bonchev–Trinajstić information content (AvgIpc) is 2.41. The van der Waals surface area contributed by atoms with Crippen LogP contribution < -0.4 is 10.1 Å². The molecule has 1 aliphatic carbocycles. The molecule has 2 heteroatoms. The molecule has 2 nitrogen and oxygen atoms in total. The highest BCUT2D eigenvalue weighted by Crippen LogP contribution is 2.40. The highest BCUT2D eigenvalue weighted by atomic mass is 16.5. The fourth-order valence-electron chi connectivity index (χ4n) is 2.72. The Balaban J connectivity index is 1.94. The van der Waals surface area contributed by atoms with Crippen molar-refractivity contribution in [3.63, 3.8) is 0 Å². The number of para-hydroxylation sites is 1. The van der Waals surface area contributed by atoms with Gasteiger partial charge in [0, 0.05) is 0 Å². The third-order valence-corrected chi connectivity index (χ3v) is 4.13. The molecule has 0 amide bonds. The molecular weight excluding hydrogens is 234 g/mol. The van der Waals surface area contributed by atoms with Gasteiger partial charge in [0.1, 0.15) is 11.4 Å². The van der Waals surface area contributed by atoms with Gasteiger partial charge in [-0.05, 0) is 63.2 Å². The molecule has 2 rings (SSSR count). The summed E-state index contributed by atoms with van der Waals surface area (Å²) in [6.45, 7) is 6.59. The second-order valence-corrected chi connectivity index (χ2v) is 5.60. The average molecular weight is 261 g/mol. The molecule has 0 atom stereocenters. The van der Waals surface area contributed by atoms with Gasteiger partial charge >= 0.3 is 0 Å². The van der Waals surface area contributed by atoms with Crippen LogP contribution in [0.2, 0.25) is 0 Å². The molecule has 1 N–H and O–H groups in total. The quantitative estimate of drug-likeness (QED) is 0.716. The molecule has 1 aromatic carbocycles. The van der Waals surface area contributed by atoms with Crippen molar-refractivity contribution in [2.75, 3.05) is 13.1 Å². The lowest BCUT2D eigenvalue weighted by molar-refractivity contribution is -0.0148. The van der Waals surface area contributed by atoms with Crippen LogP contribution in [-0.4, -0.2) is 18.7 Å². The lowest BCUT2D eigenvalue weighted by Gasteiger charge is -2.42. The first kappa shape index (κ1) is 14.4. The van der Waals surface area contributed by atoms with Crippen molar-refractivity contribution in [3.05, 3.63) is 29.8 Å². The highest BCUT2D eigenvalue weighted by molar-refractivity contribution is 5.34. The second-order valence-electron chi connectivity index (χ2n) is 5.60. The van der Waals surface area contributed by atoms with E-state index >= 15 is 0 Å². The summed E-state index contributed by atoms with van der Waals surface area (Å²) < 4.78 is 6.40. The fourth-order valence-corrected chi connectivity index (χ4v) is 2.72. The topological polar surface area (TPSA) is 21.3 Å². The van der Waals surface area contributed by atoms with Crippen molar-refractivity contribution in [3.8, 4) is 5.75 Å². The standard InChI is InChI=1S/C17H27NO/c1-3-13-18-14-12-17(10-7-11-17)19-16-9-6-5-8-15(16)4-2/h5-6,8-9,18H,3-4,7,10-14H2,1-2H3. The van der Waals surface area contributed by atoms with Crippen LogP contribution in [0.3, 0.4) is 0 Å². The van der Waals surface area contributed by atoms with E-state index in [9.17, 15) is 0 Å². The Hall–Kier alpha value is -1.02. The normalized spacial score (nSPS) is 16.9. The van der Waals surface area contributed by atoms with E-state index in [0.717, 1.165) is 31.7 Å². The minimum atomic E-state index is 0.103. The third-order valence-electron chi connectivity index (χ3n) is 4.13.